The van der Waals surface area contributed by atoms with E-state index in [0.29, 0.717) is 11.6 Å². The zero-order valence-electron chi connectivity index (χ0n) is 14.3. The molecule has 1 heterocycles. The molecule has 2 rings (SSSR count). The molecule has 1 amide bonds. The fourth-order valence-corrected chi connectivity index (χ4v) is 2.01. The minimum absolute atomic E-state index is 0.277. The van der Waals surface area contributed by atoms with Gasteiger partial charge < -0.3 is 10.1 Å². The van der Waals surface area contributed by atoms with Crippen LogP contribution in [0.5, 0.6) is 0 Å². The van der Waals surface area contributed by atoms with Gasteiger partial charge >= 0.3 is 6.09 Å². The Kier molecular flexibility index (Phi) is 5.03. The maximum atomic E-state index is 11.6. The Balaban J connectivity index is 2.01. The third kappa shape index (κ3) is 5.09. The normalized spacial score (nSPS) is 11.6. The molecule has 0 aliphatic carbocycles. The molecule has 0 unspecified atom stereocenters. The van der Waals surface area contributed by atoms with E-state index < -0.39 is 11.7 Å². The number of amides is 1. The van der Waals surface area contributed by atoms with Crippen molar-refractivity contribution in [3.05, 3.63) is 41.7 Å². The summed E-state index contributed by atoms with van der Waals surface area (Å²) in [7, 11) is 0. The van der Waals surface area contributed by atoms with E-state index >= 15 is 0 Å². The van der Waals surface area contributed by atoms with Gasteiger partial charge in [0, 0.05) is 0 Å². The van der Waals surface area contributed by atoms with Crippen molar-refractivity contribution in [2.45, 2.75) is 52.7 Å². The Hall–Kier alpha value is -2.37. The number of ether oxygens (including phenoxy) is 1. The van der Waals surface area contributed by atoms with Crippen molar-refractivity contribution in [1.82, 2.24) is 20.3 Å². The second kappa shape index (κ2) is 6.81. The molecule has 0 fully saturated rings. The molecule has 0 aliphatic heterocycles. The van der Waals surface area contributed by atoms with Crippen molar-refractivity contribution in [2.75, 3.05) is 0 Å². The number of hydrogen-bond donors (Lipinski definition) is 1. The van der Waals surface area contributed by atoms with Crippen molar-refractivity contribution in [3.8, 4) is 5.69 Å². The Morgan fingerprint density at radius 1 is 1.35 bits per heavy atom. The highest BCUT2D eigenvalue weighted by atomic mass is 16.6. The molecule has 2 aromatic rings. The molecule has 0 radical (unpaired) electrons. The van der Waals surface area contributed by atoms with E-state index in [1.165, 1.54) is 5.56 Å². The van der Waals surface area contributed by atoms with Crippen LogP contribution in [0, 0.1) is 0 Å². The molecule has 0 saturated carbocycles. The second-order valence-electron chi connectivity index (χ2n) is 6.76. The first-order valence-corrected chi connectivity index (χ1v) is 7.73. The Bertz CT molecular complexity index is 671. The molecule has 6 nitrogen and oxygen atoms in total. The van der Waals surface area contributed by atoms with Gasteiger partial charge in [-0.1, -0.05) is 31.2 Å². The average molecular weight is 316 g/mol. The number of carbonyl (C=O) groups is 1. The number of nitrogens with one attached hydrogen (secondary N) is 1. The molecule has 0 bridgehead atoms. The third-order valence-electron chi connectivity index (χ3n) is 3.15. The van der Waals surface area contributed by atoms with Crippen LogP contribution < -0.4 is 5.32 Å². The van der Waals surface area contributed by atoms with E-state index in [4.69, 9.17) is 4.74 Å². The number of alkyl carbamates (subject to hydrolysis) is 1. The van der Waals surface area contributed by atoms with Crippen LogP contribution in [0.4, 0.5) is 4.79 Å². The maximum Gasteiger partial charge on any atom is 0.407 e. The summed E-state index contributed by atoms with van der Waals surface area (Å²) in [6.07, 6.45) is 1.34. The SMILES string of the molecule is CC(C)c1cccc(-n2cc(CNC(=O)OC(C)(C)C)nn2)c1. The predicted octanol–water partition coefficient (Wildman–Crippen LogP) is 3.42. The molecular weight excluding hydrogens is 292 g/mol. The van der Waals surface area contributed by atoms with Crippen molar-refractivity contribution < 1.29 is 9.53 Å². The smallest absolute Gasteiger partial charge is 0.407 e. The van der Waals surface area contributed by atoms with E-state index in [0.717, 1.165) is 5.69 Å². The number of aromatic nitrogens is 3. The first-order valence-electron chi connectivity index (χ1n) is 7.73. The fraction of sp³-hybridized carbons (Fsp3) is 0.471. The Morgan fingerprint density at radius 2 is 2.09 bits per heavy atom. The number of hydrogen-bond acceptors (Lipinski definition) is 4. The molecule has 124 valence electrons. The lowest BCUT2D eigenvalue weighted by molar-refractivity contribution is 0.0523. The quantitative estimate of drug-likeness (QED) is 0.938. The highest BCUT2D eigenvalue weighted by Gasteiger charge is 2.16. The molecule has 1 aromatic heterocycles. The molecular formula is C17H24N4O2. The predicted molar refractivity (Wildman–Crippen MR) is 88.5 cm³/mol. The minimum atomic E-state index is -0.515. The van der Waals surface area contributed by atoms with Gasteiger partial charge in [-0.3, -0.25) is 0 Å². The van der Waals surface area contributed by atoms with E-state index in [-0.39, 0.29) is 6.54 Å². The number of benzene rings is 1. The Morgan fingerprint density at radius 3 is 2.74 bits per heavy atom. The second-order valence-corrected chi connectivity index (χ2v) is 6.76. The first-order chi connectivity index (χ1) is 10.7. The van der Waals surface area contributed by atoms with E-state index in [2.05, 4.69) is 41.6 Å². The van der Waals surface area contributed by atoms with Gasteiger partial charge in [0.1, 0.15) is 11.3 Å². The van der Waals surface area contributed by atoms with Gasteiger partial charge in [0.25, 0.3) is 0 Å². The van der Waals surface area contributed by atoms with Crippen LogP contribution in [0.1, 0.15) is 51.8 Å². The molecule has 1 aromatic carbocycles. The number of carbonyl (C=O) groups excluding carboxylic acids is 1. The summed E-state index contributed by atoms with van der Waals surface area (Å²) < 4.78 is 6.89. The zero-order valence-corrected chi connectivity index (χ0v) is 14.3. The zero-order chi connectivity index (χ0) is 17.0. The highest BCUT2D eigenvalue weighted by Crippen LogP contribution is 2.17. The monoisotopic (exact) mass is 316 g/mol. The van der Waals surface area contributed by atoms with Crippen molar-refractivity contribution >= 4 is 6.09 Å². The molecule has 0 aliphatic rings. The summed E-state index contributed by atoms with van der Waals surface area (Å²) in [5.74, 6) is 0.451. The number of nitrogens with zero attached hydrogens (tertiary/aromatic N) is 3. The number of rotatable bonds is 4. The molecule has 23 heavy (non-hydrogen) atoms. The minimum Gasteiger partial charge on any atom is -0.444 e. The van der Waals surface area contributed by atoms with Gasteiger partial charge in [0.05, 0.1) is 18.4 Å². The van der Waals surface area contributed by atoms with E-state index in [9.17, 15) is 4.79 Å². The first kappa shape index (κ1) is 17.0. The van der Waals surface area contributed by atoms with Gasteiger partial charge in [0.2, 0.25) is 0 Å². The lowest BCUT2D eigenvalue weighted by atomic mass is 10.0. The van der Waals surface area contributed by atoms with Crippen molar-refractivity contribution in [3.63, 3.8) is 0 Å². The van der Waals surface area contributed by atoms with E-state index in [1.54, 1.807) is 10.9 Å². The summed E-state index contributed by atoms with van der Waals surface area (Å²) in [5.41, 5.74) is 2.35. The topological polar surface area (TPSA) is 69.0 Å². The van der Waals surface area contributed by atoms with Crippen molar-refractivity contribution in [1.29, 1.82) is 0 Å². The van der Waals surface area contributed by atoms with Gasteiger partial charge in [-0.2, -0.15) is 0 Å². The maximum absolute atomic E-state index is 11.6. The highest BCUT2D eigenvalue weighted by molar-refractivity contribution is 5.67. The lowest BCUT2D eigenvalue weighted by Crippen LogP contribution is -2.32. The lowest BCUT2D eigenvalue weighted by Gasteiger charge is -2.19. The summed E-state index contributed by atoms with van der Waals surface area (Å²) in [6.45, 7) is 10.0. The van der Waals surface area contributed by atoms with Crippen molar-refractivity contribution in [2.24, 2.45) is 0 Å². The van der Waals surface area contributed by atoms with Gasteiger partial charge in [0.15, 0.2) is 0 Å². The van der Waals surface area contributed by atoms with Crippen LogP contribution in [0.3, 0.4) is 0 Å². The van der Waals surface area contributed by atoms with Crippen LogP contribution in [0.15, 0.2) is 30.5 Å². The van der Waals surface area contributed by atoms with E-state index in [1.807, 2.05) is 32.9 Å². The Labute approximate surface area is 136 Å². The summed E-state index contributed by atoms with van der Waals surface area (Å²) in [4.78, 5) is 11.6. The standard InChI is InChI=1S/C17H24N4O2/c1-12(2)13-7-6-8-15(9-13)21-11-14(19-20-21)10-18-16(22)23-17(3,4)5/h6-9,11-12H,10H2,1-5H3,(H,18,22). The van der Waals surface area contributed by atoms with Gasteiger partial charge in [-0.25, -0.2) is 9.48 Å². The summed E-state index contributed by atoms with van der Waals surface area (Å²) >= 11 is 0. The van der Waals surface area contributed by atoms with Gasteiger partial charge in [-0.15, -0.1) is 5.10 Å². The summed E-state index contributed by atoms with van der Waals surface area (Å²) in [5, 5.41) is 10.9. The van der Waals surface area contributed by atoms with Crippen LogP contribution >= 0.6 is 0 Å². The molecule has 0 atom stereocenters. The molecule has 6 heteroatoms. The summed E-state index contributed by atoms with van der Waals surface area (Å²) in [6, 6.07) is 8.16. The third-order valence-corrected chi connectivity index (χ3v) is 3.15. The molecule has 0 saturated heterocycles. The van der Waals surface area contributed by atoms with Crippen LogP contribution in [0.2, 0.25) is 0 Å². The molecule has 0 spiro atoms. The largest absolute Gasteiger partial charge is 0.444 e. The van der Waals surface area contributed by atoms with Crippen LogP contribution in [-0.4, -0.2) is 26.7 Å². The van der Waals surface area contributed by atoms with Crippen LogP contribution in [-0.2, 0) is 11.3 Å². The fourth-order valence-electron chi connectivity index (χ4n) is 2.01. The van der Waals surface area contributed by atoms with Crippen LogP contribution in [0.25, 0.3) is 5.69 Å². The molecule has 1 N–H and O–H groups in total. The van der Waals surface area contributed by atoms with Gasteiger partial charge in [-0.05, 0) is 44.4 Å². The average Bonchev–Trinajstić information content (AvgIpc) is 2.92.